The van der Waals surface area contributed by atoms with Crippen LogP contribution in [0.3, 0.4) is 0 Å². The van der Waals surface area contributed by atoms with Gasteiger partial charge in [0.05, 0.1) is 17.7 Å². The molecule has 98 valence electrons. The number of carbonyl (C=O) groups excluding carboxylic acids is 2. The lowest BCUT2D eigenvalue weighted by Crippen LogP contribution is -2.08. The van der Waals surface area contributed by atoms with E-state index in [4.69, 9.17) is 10.5 Å². The van der Waals surface area contributed by atoms with Gasteiger partial charge in [-0.2, -0.15) is 0 Å². The Morgan fingerprint density at radius 1 is 1.33 bits per heavy atom. The van der Waals surface area contributed by atoms with Gasteiger partial charge in [-0.25, -0.2) is 4.79 Å². The lowest BCUT2D eigenvalue weighted by atomic mass is 9.92. The first kappa shape index (κ1) is 13.1. The summed E-state index contributed by atoms with van der Waals surface area (Å²) in [5, 5.41) is 0.435. The predicted molar refractivity (Wildman–Crippen MR) is 71.3 cm³/mol. The zero-order valence-electron chi connectivity index (χ0n) is 10.6. The van der Waals surface area contributed by atoms with Crippen molar-refractivity contribution in [1.29, 1.82) is 0 Å². The van der Waals surface area contributed by atoms with Gasteiger partial charge in [-0.15, -0.1) is 11.3 Å². The van der Waals surface area contributed by atoms with E-state index in [0.29, 0.717) is 15.4 Å². The number of nitrogen functional groups attached to an aromatic ring is 1. The first-order chi connectivity index (χ1) is 8.56. The van der Waals surface area contributed by atoms with Gasteiger partial charge in [-0.3, -0.25) is 4.79 Å². The maximum atomic E-state index is 11.8. The Kier molecular flexibility index (Phi) is 3.71. The molecule has 0 spiro atoms. The van der Waals surface area contributed by atoms with Crippen LogP contribution in [0.25, 0.3) is 0 Å². The largest absolute Gasteiger partial charge is 0.465 e. The number of ketones is 1. The summed E-state index contributed by atoms with van der Waals surface area (Å²) in [6.07, 6.45) is 4.30. The highest BCUT2D eigenvalue weighted by Gasteiger charge is 2.31. The molecular formula is C13H17NO3S. The summed E-state index contributed by atoms with van der Waals surface area (Å²) in [6, 6.07) is 0. The summed E-state index contributed by atoms with van der Waals surface area (Å²) in [6.45, 7) is 1.50. The van der Waals surface area contributed by atoms with E-state index in [0.717, 1.165) is 31.2 Å². The molecule has 0 saturated heterocycles. The van der Waals surface area contributed by atoms with Gasteiger partial charge < -0.3 is 10.5 Å². The van der Waals surface area contributed by atoms with E-state index in [2.05, 4.69) is 0 Å². The lowest BCUT2D eigenvalue weighted by Gasteiger charge is -2.12. The minimum atomic E-state index is -0.388. The lowest BCUT2D eigenvalue weighted by molar-refractivity contribution is 0.0604. The average molecular weight is 267 g/mol. The van der Waals surface area contributed by atoms with Gasteiger partial charge in [0.25, 0.3) is 0 Å². The molecule has 0 aromatic carbocycles. The Morgan fingerprint density at radius 3 is 2.44 bits per heavy atom. The van der Waals surface area contributed by atoms with Gasteiger partial charge in [-0.05, 0) is 31.2 Å². The second kappa shape index (κ2) is 5.10. The molecule has 0 radical (unpaired) electrons. The number of esters is 1. The van der Waals surface area contributed by atoms with Crippen molar-refractivity contribution >= 4 is 28.1 Å². The number of rotatable bonds is 3. The molecule has 2 N–H and O–H groups in total. The van der Waals surface area contributed by atoms with Crippen LogP contribution in [0.4, 0.5) is 5.00 Å². The first-order valence-electron chi connectivity index (χ1n) is 6.07. The normalized spacial score (nSPS) is 15.9. The molecule has 18 heavy (non-hydrogen) atoms. The molecule has 1 aromatic rings. The molecule has 1 fully saturated rings. The minimum Gasteiger partial charge on any atom is -0.465 e. The van der Waals surface area contributed by atoms with Crippen LogP contribution >= 0.6 is 11.3 Å². The third kappa shape index (κ3) is 2.14. The maximum Gasteiger partial charge on any atom is 0.348 e. The van der Waals surface area contributed by atoms with E-state index >= 15 is 0 Å². The third-order valence-electron chi connectivity index (χ3n) is 3.46. The van der Waals surface area contributed by atoms with Crippen LogP contribution < -0.4 is 5.73 Å². The molecule has 1 saturated carbocycles. The second-order valence-corrected chi connectivity index (χ2v) is 5.67. The Morgan fingerprint density at radius 2 is 1.94 bits per heavy atom. The number of thiophene rings is 1. The standard InChI is InChI=1S/C13H17NO3S/c1-7(15)9-10(8-5-3-4-6-8)11(13(16)17-2)18-12(9)14/h8H,3-6,14H2,1-2H3. The fraction of sp³-hybridized carbons (Fsp3) is 0.538. The molecule has 0 amide bonds. The number of ether oxygens (including phenoxy) is 1. The van der Waals surface area contributed by atoms with E-state index in [-0.39, 0.29) is 17.7 Å². The molecule has 1 aromatic heterocycles. The summed E-state index contributed by atoms with van der Waals surface area (Å²) >= 11 is 1.17. The summed E-state index contributed by atoms with van der Waals surface area (Å²) in [5.74, 6) is -0.187. The molecule has 1 aliphatic rings. The maximum absolute atomic E-state index is 11.8. The Labute approximate surface area is 110 Å². The number of nitrogens with two attached hydrogens (primary N) is 1. The molecule has 1 heterocycles. The van der Waals surface area contributed by atoms with Crippen LogP contribution in [-0.4, -0.2) is 18.9 Å². The third-order valence-corrected chi connectivity index (χ3v) is 4.47. The number of carbonyl (C=O) groups is 2. The van der Waals surface area contributed by atoms with E-state index in [1.807, 2.05) is 0 Å². The molecule has 0 atom stereocenters. The van der Waals surface area contributed by atoms with Gasteiger partial charge >= 0.3 is 5.97 Å². The summed E-state index contributed by atoms with van der Waals surface area (Å²) in [5.41, 5.74) is 7.26. The fourth-order valence-corrected chi connectivity index (χ4v) is 3.79. The first-order valence-corrected chi connectivity index (χ1v) is 6.89. The summed E-state index contributed by atoms with van der Waals surface area (Å²) in [4.78, 5) is 24.0. The topological polar surface area (TPSA) is 69.4 Å². The summed E-state index contributed by atoms with van der Waals surface area (Å²) < 4.78 is 4.79. The van der Waals surface area contributed by atoms with Crippen molar-refractivity contribution in [3.63, 3.8) is 0 Å². The van der Waals surface area contributed by atoms with Crippen LogP contribution in [0.5, 0.6) is 0 Å². The zero-order valence-corrected chi connectivity index (χ0v) is 11.4. The average Bonchev–Trinajstić information content (AvgIpc) is 2.93. The Hall–Kier alpha value is -1.36. The minimum absolute atomic E-state index is 0.0687. The van der Waals surface area contributed by atoms with Crippen molar-refractivity contribution in [2.45, 2.75) is 38.5 Å². The van der Waals surface area contributed by atoms with Gasteiger partial charge in [0.1, 0.15) is 4.88 Å². The predicted octanol–water partition coefficient (Wildman–Crippen LogP) is 2.98. The van der Waals surface area contributed by atoms with Crippen LogP contribution in [0, 0.1) is 0 Å². The number of Topliss-reactive ketones (excluding diaryl/α,β-unsaturated/α-hetero) is 1. The molecule has 1 aliphatic carbocycles. The fourth-order valence-electron chi connectivity index (χ4n) is 2.67. The molecule has 0 unspecified atom stereocenters. The number of anilines is 1. The van der Waals surface area contributed by atoms with Gasteiger partial charge in [0.15, 0.2) is 5.78 Å². The highest BCUT2D eigenvalue weighted by molar-refractivity contribution is 7.18. The molecular weight excluding hydrogens is 250 g/mol. The Bertz CT molecular complexity index is 487. The van der Waals surface area contributed by atoms with Crippen LogP contribution in [-0.2, 0) is 4.74 Å². The van der Waals surface area contributed by atoms with Crippen molar-refractivity contribution < 1.29 is 14.3 Å². The zero-order chi connectivity index (χ0) is 13.3. The highest BCUT2D eigenvalue weighted by Crippen LogP contribution is 2.43. The smallest absolute Gasteiger partial charge is 0.348 e. The molecule has 4 nitrogen and oxygen atoms in total. The van der Waals surface area contributed by atoms with Gasteiger partial charge in [0.2, 0.25) is 0 Å². The van der Waals surface area contributed by atoms with Crippen molar-refractivity contribution in [2.75, 3.05) is 12.8 Å². The van der Waals surface area contributed by atoms with Crippen LogP contribution in [0.15, 0.2) is 0 Å². The number of methoxy groups -OCH3 is 1. The van der Waals surface area contributed by atoms with E-state index in [1.165, 1.54) is 25.4 Å². The molecule has 0 aliphatic heterocycles. The van der Waals surface area contributed by atoms with E-state index < -0.39 is 0 Å². The Balaban J connectivity index is 2.56. The number of hydrogen-bond acceptors (Lipinski definition) is 5. The van der Waals surface area contributed by atoms with Crippen molar-refractivity contribution in [3.8, 4) is 0 Å². The van der Waals surface area contributed by atoms with Crippen molar-refractivity contribution in [1.82, 2.24) is 0 Å². The van der Waals surface area contributed by atoms with Crippen molar-refractivity contribution in [3.05, 3.63) is 16.0 Å². The van der Waals surface area contributed by atoms with Crippen LogP contribution in [0.1, 0.15) is 64.1 Å². The number of hydrogen-bond donors (Lipinski definition) is 1. The monoisotopic (exact) mass is 267 g/mol. The second-order valence-electron chi connectivity index (χ2n) is 4.61. The molecule has 2 rings (SSSR count). The van der Waals surface area contributed by atoms with Crippen LogP contribution in [0.2, 0.25) is 0 Å². The van der Waals surface area contributed by atoms with E-state index in [1.54, 1.807) is 0 Å². The van der Waals surface area contributed by atoms with Gasteiger partial charge in [-0.1, -0.05) is 12.8 Å². The van der Waals surface area contributed by atoms with Crippen molar-refractivity contribution in [2.24, 2.45) is 0 Å². The molecule has 0 bridgehead atoms. The van der Waals surface area contributed by atoms with Gasteiger partial charge in [0, 0.05) is 0 Å². The highest BCUT2D eigenvalue weighted by atomic mass is 32.1. The SMILES string of the molecule is COC(=O)c1sc(N)c(C(C)=O)c1C1CCCC1. The molecule has 5 heteroatoms. The summed E-state index contributed by atoms with van der Waals surface area (Å²) in [7, 11) is 1.35. The van der Waals surface area contributed by atoms with E-state index in [9.17, 15) is 9.59 Å². The quantitative estimate of drug-likeness (QED) is 0.675.